The van der Waals surface area contributed by atoms with Crippen LogP contribution in [0.5, 0.6) is 0 Å². The van der Waals surface area contributed by atoms with Crippen molar-refractivity contribution in [3.8, 4) is 0 Å². The molecule has 0 amide bonds. The van der Waals surface area contributed by atoms with Gasteiger partial charge < -0.3 is 4.74 Å². The first-order valence-electron chi connectivity index (χ1n) is 6.97. The fraction of sp³-hybridized carbons (Fsp3) is 0.643. The van der Waals surface area contributed by atoms with Crippen molar-refractivity contribution in [2.24, 2.45) is 11.8 Å². The lowest BCUT2D eigenvalue weighted by Crippen LogP contribution is -2.28. The average Bonchev–Trinajstić information content (AvgIpc) is 2.75. The van der Waals surface area contributed by atoms with E-state index >= 15 is 0 Å². The van der Waals surface area contributed by atoms with Gasteiger partial charge in [0.05, 0.1) is 6.42 Å². The molecule has 0 N–H and O–H groups in total. The Bertz CT molecular complexity index is 598. The zero-order valence-corrected chi connectivity index (χ0v) is 14.4. The maximum absolute atomic E-state index is 12.0. The van der Waals surface area contributed by atoms with Gasteiger partial charge in [-0.15, -0.1) is 11.3 Å². The Morgan fingerprint density at radius 2 is 1.90 bits per heavy atom. The van der Waals surface area contributed by atoms with Crippen molar-refractivity contribution < 1.29 is 17.9 Å². The Morgan fingerprint density at radius 1 is 1.29 bits per heavy atom. The van der Waals surface area contributed by atoms with Crippen LogP contribution in [0.2, 0.25) is 0 Å². The second-order valence-corrected chi connectivity index (χ2v) is 9.83. The van der Waals surface area contributed by atoms with E-state index in [1.807, 2.05) is 0 Å². The topological polar surface area (TPSA) is 60.4 Å². The molecule has 2 unspecified atom stereocenters. The monoisotopic (exact) mass is 350 g/mol. The van der Waals surface area contributed by atoms with Crippen LogP contribution in [-0.4, -0.2) is 20.5 Å². The molecule has 118 valence electrons. The molecule has 0 radical (unpaired) electrons. The van der Waals surface area contributed by atoms with Crippen molar-refractivity contribution in [1.29, 1.82) is 0 Å². The van der Waals surface area contributed by atoms with E-state index in [-0.39, 0.29) is 22.7 Å². The van der Waals surface area contributed by atoms with Crippen LogP contribution in [0.15, 0.2) is 16.3 Å². The maximum atomic E-state index is 12.0. The molecule has 1 aliphatic carbocycles. The molecule has 1 aliphatic rings. The van der Waals surface area contributed by atoms with E-state index in [1.165, 1.54) is 12.5 Å². The number of halogens is 1. The Balaban J connectivity index is 1.91. The minimum Gasteiger partial charge on any atom is -0.462 e. The van der Waals surface area contributed by atoms with Gasteiger partial charge in [-0.05, 0) is 43.2 Å². The summed E-state index contributed by atoms with van der Waals surface area (Å²) in [5.74, 6) is 0.837. The predicted octanol–water partition coefficient (Wildman–Crippen LogP) is 3.59. The lowest BCUT2D eigenvalue weighted by atomic mass is 9.82. The zero-order valence-electron chi connectivity index (χ0n) is 12.0. The SMILES string of the molecule is CC1CC(C)CC(OC(=O)Cc2ccc(S(=O)(=O)Cl)s2)C1. The van der Waals surface area contributed by atoms with Crippen molar-refractivity contribution >= 4 is 37.0 Å². The van der Waals surface area contributed by atoms with Crippen molar-refractivity contribution in [2.75, 3.05) is 0 Å². The molecule has 2 rings (SSSR count). The lowest BCUT2D eigenvalue weighted by molar-refractivity contribution is -0.151. The second kappa shape index (κ2) is 6.67. The third-order valence-corrected chi connectivity index (χ3v) is 6.81. The van der Waals surface area contributed by atoms with Crippen molar-refractivity contribution in [1.82, 2.24) is 0 Å². The van der Waals surface area contributed by atoms with Gasteiger partial charge in [0.2, 0.25) is 0 Å². The number of esters is 1. The van der Waals surface area contributed by atoms with Crippen LogP contribution < -0.4 is 0 Å². The Hall–Kier alpha value is -0.590. The molecule has 1 aromatic rings. The molecule has 1 saturated carbocycles. The van der Waals surface area contributed by atoms with Crippen LogP contribution in [0, 0.1) is 11.8 Å². The first-order valence-corrected chi connectivity index (χ1v) is 10.1. The largest absolute Gasteiger partial charge is 0.462 e. The number of ether oxygens (including phenoxy) is 1. The molecule has 0 bridgehead atoms. The van der Waals surface area contributed by atoms with E-state index in [4.69, 9.17) is 15.4 Å². The first kappa shape index (κ1) is 16.8. The quantitative estimate of drug-likeness (QED) is 0.615. The first-order chi connectivity index (χ1) is 9.74. The number of carbonyl (C=O) groups is 1. The van der Waals surface area contributed by atoms with Crippen LogP contribution in [0.3, 0.4) is 0 Å². The standard InChI is InChI=1S/C14H19ClO4S2/c1-9-5-10(2)7-11(6-9)19-13(16)8-12-3-4-14(20-12)21(15,17)18/h3-4,9-11H,5-8H2,1-2H3. The van der Waals surface area contributed by atoms with Crippen molar-refractivity contribution in [3.63, 3.8) is 0 Å². The number of hydrogen-bond acceptors (Lipinski definition) is 5. The third kappa shape index (κ3) is 4.97. The fourth-order valence-electron chi connectivity index (χ4n) is 2.92. The van der Waals surface area contributed by atoms with Gasteiger partial charge in [-0.3, -0.25) is 4.79 Å². The minimum absolute atomic E-state index is 0.0209. The summed E-state index contributed by atoms with van der Waals surface area (Å²) in [4.78, 5) is 12.6. The predicted molar refractivity (Wildman–Crippen MR) is 83.1 cm³/mol. The van der Waals surface area contributed by atoms with Crippen LogP contribution >= 0.6 is 22.0 Å². The molecular weight excluding hydrogens is 332 g/mol. The molecule has 1 heterocycles. The van der Waals surface area contributed by atoms with Crippen LogP contribution in [-0.2, 0) is 25.0 Å². The number of carbonyl (C=O) groups excluding carboxylic acids is 1. The Labute approximate surface area is 133 Å². The molecule has 21 heavy (non-hydrogen) atoms. The van der Waals surface area contributed by atoms with E-state index in [1.54, 1.807) is 6.07 Å². The maximum Gasteiger partial charge on any atom is 0.311 e. The molecule has 7 heteroatoms. The number of thiophene rings is 1. The van der Waals surface area contributed by atoms with E-state index < -0.39 is 9.05 Å². The van der Waals surface area contributed by atoms with E-state index in [0.717, 1.165) is 24.2 Å². The van der Waals surface area contributed by atoms with Crippen LogP contribution in [0.25, 0.3) is 0 Å². The summed E-state index contributed by atoms with van der Waals surface area (Å²) in [6, 6.07) is 3.02. The summed E-state index contributed by atoms with van der Waals surface area (Å²) >= 11 is 1.01. The summed E-state index contributed by atoms with van der Waals surface area (Å²) in [7, 11) is 1.54. The number of rotatable bonds is 4. The van der Waals surface area contributed by atoms with Crippen molar-refractivity contribution in [2.45, 2.75) is 49.8 Å². The van der Waals surface area contributed by atoms with Gasteiger partial charge in [-0.1, -0.05) is 13.8 Å². The van der Waals surface area contributed by atoms with Gasteiger partial charge >= 0.3 is 5.97 Å². The normalized spacial score (nSPS) is 26.5. The zero-order chi connectivity index (χ0) is 15.6. The molecular formula is C14H19ClO4S2. The van der Waals surface area contributed by atoms with Crippen molar-refractivity contribution in [3.05, 3.63) is 17.0 Å². The minimum atomic E-state index is -3.72. The highest BCUT2D eigenvalue weighted by atomic mass is 35.7. The lowest BCUT2D eigenvalue weighted by Gasteiger charge is -2.30. The van der Waals surface area contributed by atoms with Crippen LogP contribution in [0.4, 0.5) is 0 Å². The fourth-order valence-corrected chi connectivity index (χ4v) is 5.03. The van der Waals surface area contributed by atoms with E-state index in [2.05, 4.69) is 13.8 Å². The van der Waals surface area contributed by atoms with Gasteiger partial charge in [0.25, 0.3) is 9.05 Å². The molecule has 1 fully saturated rings. The molecule has 1 aromatic heterocycles. The second-order valence-electron chi connectivity index (χ2n) is 5.86. The highest BCUT2D eigenvalue weighted by molar-refractivity contribution is 8.15. The molecule has 0 saturated heterocycles. The van der Waals surface area contributed by atoms with Gasteiger partial charge in [-0.2, -0.15) is 0 Å². The van der Waals surface area contributed by atoms with Gasteiger partial charge in [0.15, 0.2) is 0 Å². The summed E-state index contributed by atoms with van der Waals surface area (Å²) in [6.07, 6.45) is 3.06. The van der Waals surface area contributed by atoms with E-state index in [0.29, 0.717) is 16.7 Å². The van der Waals surface area contributed by atoms with Gasteiger partial charge in [0.1, 0.15) is 10.3 Å². The molecule has 4 nitrogen and oxygen atoms in total. The van der Waals surface area contributed by atoms with Crippen LogP contribution in [0.1, 0.15) is 38.0 Å². The average molecular weight is 351 g/mol. The Morgan fingerprint density at radius 3 is 2.43 bits per heavy atom. The Kier molecular flexibility index (Phi) is 5.33. The highest BCUT2D eigenvalue weighted by Gasteiger charge is 2.26. The highest BCUT2D eigenvalue weighted by Crippen LogP contribution is 2.31. The smallest absolute Gasteiger partial charge is 0.311 e. The summed E-state index contributed by atoms with van der Waals surface area (Å²) in [6.45, 7) is 4.35. The summed E-state index contributed by atoms with van der Waals surface area (Å²) < 4.78 is 27.9. The molecule has 2 atom stereocenters. The molecule has 0 spiro atoms. The summed E-state index contributed by atoms with van der Waals surface area (Å²) in [5.41, 5.74) is 0. The number of hydrogen-bond donors (Lipinski definition) is 0. The third-order valence-electron chi connectivity index (χ3n) is 3.63. The van der Waals surface area contributed by atoms with Gasteiger partial charge in [0, 0.05) is 15.6 Å². The molecule has 0 aliphatic heterocycles. The summed E-state index contributed by atoms with van der Waals surface area (Å²) in [5, 5.41) is 0. The van der Waals surface area contributed by atoms with Gasteiger partial charge in [-0.25, -0.2) is 8.42 Å². The molecule has 0 aromatic carbocycles. The van der Waals surface area contributed by atoms with E-state index in [9.17, 15) is 13.2 Å².